The number of benzene rings is 2. The van der Waals surface area contributed by atoms with Crippen molar-refractivity contribution < 1.29 is 4.57 Å². The Labute approximate surface area is 184 Å². The van der Waals surface area contributed by atoms with Crippen molar-refractivity contribution in [3.63, 3.8) is 0 Å². The summed E-state index contributed by atoms with van der Waals surface area (Å²) in [6.45, 7) is 8.85. The molecule has 0 saturated carbocycles. The molecule has 1 aromatic heterocycles. The van der Waals surface area contributed by atoms with Crippen LogP contribution in [0, 0.1) is 0 Å². The van der Waals surface area contributed by atoms with Gasteiger partial charge in [-0.05, 0) is 62.7 Å². The Hall–Kier alpha value is -3.61. The molecule has 3 aromatic rings. The molecule has 160 valence electrons. The average Bonchev–Trinajstić information content (AvgIpc) is 3.19. The first kappa shape index (κ1) is 22.1. The number of aryl methyl sites for hydroxylation is 1. The molecule has 0 amide bonds. The SMILES string of the molecule is CCN(CC[n+]1ccn(C)c1)c1ccc(N=Nc2ccc(C=NN=C(C)C)cc2)cc1. The fourth-order valence-corrected chi connectivity index (χ4v) is 3.02. The van der Waals surface area contributed by atoms with E-state index in [1.54, 1.807) is 6.21 Å². The molecular formula is C24H30N7+. The monoisotopic (exact) mass is 416 g/mol. The maximum atomic E-state index is 4.36. The minimum Gasteiger partial charge on any atom is -0.368 e. The van der Waals surface area contributed by atoms with Gasteiger partial charge in [0, 0.05) is 17.9 Å². The summed E-state index contributed by atoms with van der Waals surface area (Å²) in [5.74, 6) is 0. The Morgan fingerprint density at radius 1 is 1.00 bits per heavy atom. The summed E-state index contributed by atoms with van der Waals surface area (Å²) >= 11 is 0. The lowest BCUT2D eigenvalue weighted by molar-refractivity contribution is -0.693. The zero-order valence-corrected chi connectivity index (χ0v) is 18.7. The summed E-state index contributed by atoms with van der Waals surface area (Å²) in [5.41, 5.74) is 4.71. The number of nitrogens with zero attached hydrogens (tertiary/aromatic N) is 7. The van der Waals surface area contributed by atoms with Crippen LogP contribution in [0.3, 0.4) is 0 Å². The highest BCUT2D eigenvalue weighted by Gasteiger charge is 2.07. The topological polar surface area (TPSA) is 61.5 Å². The molecule has 2 aromatic carbocycles. The summed E-state index contributed by atoms with van der Waals surface area (Å²) in [5, 5.41) is 16.7. The number of aromatic nitrogens is 2. The molecule has 3 rings (SSSR count). The molecule has 31 heavy (non-hydrogen) atoms. The van der Waals surface area contributed by atoms with Crippen LogP contribution >= 0.6 is 0 Å². The van der Waals surface area contributed by atoms with Gasteiger partial charge in [-0.3, -0.25) is 0 Å². The second-order valence-corrected chi connectivity index (χ2v) is 7.50. The Morgan fingerprint density at radius 2 is 1.65 bits per heavy atom. The van der Waals surface area contributed by atoms with Crippen molar-refractivity contribution >= 4 is 29.0 Å². The molecule has 0 N–H and O–H groups in total. The summed E-state index contributed by atoms with van der Waals surface area (Å²) < 4.78 is 4.25. The highest BCUT2D eigenvalue weighted by molar-refractivity contribution is 5.83. The Kier molecular flexibility index (Phi) is 7.81. The first-order valence-corrected chi connectivity index (χ1v) is 10.5. The molecule has 0 bridgehead atoms. The lowest BCUT2D eigenvalue weighted by Crippen LogP contribution is -2.39. The van der Waals surface area contributed by atoms with Gasteiger partial charge in [-0.1, -0.05) is 12.1 Å². The smallest absolute Gasteiger partial charge is 0.243 e. The van der Waals surface area contributed by atoms with Crippen LogP contribution in [-0.2, 0) is 13.6 Å². The Balaban J connectivity index is 1.58. The van der Waals surface area contributed by atoms with Gasteiger partial charge in [0.05, 0.1) is 31.2 Å². The summed E-state index contributed by atoms with van der Waals surface area (Å²) in [6, 6.07) is 15.9. The van der Waals surface area contributed by atoms with Crippen LogP contribution in [0.4, 0.5) is 17.1 Å². The third-order valence-electron chi connectivity index (χ3n) is 4.69. The summed E-state index contributed by atoms with van der Waals surface area (Å²) in [4.78, 5) is 2.35. The molecule has 0 aliphatic heterocycles. The van der Waals surface area contributed by atoms with E-state index >= 15 is 0 Å². The first-order valence-electron chi connectivity index (χ1n) is 10.5. The van der Waals surface area contributed by atoms with Gasteiger partial charge in [0.2, 0.25) is 6.33 Å². The fraction of sp³-hybridized carbons (Fsp3) is 0.292. The number of likely N-dealkylation sites (N-methyl/N-ethyl adjacent to an activating group) is 1. The summed E-state index contributed by atoms with van der Waals surface area (Å²) in [6.07, 6.45) is 7.97. The second-order valence-electron chi connectivity index (χ2n) is 7.50. The van der Waals surface area contributed by atoms with Crippen LogP contribution in [0.25, 0.3) is 0 Å². The zero-order valence-electron chi connectivity index (χ0n) is 18.7. The lowest BCUT2D eigenvalue weighted by atomic mass is 10.2. The maximum Gasteiger partial charge on any atom is 0.243 e. The molecular weight excluding hydrogens is 386 g/mol. The van der Waals surface area contributed by atoms with Crippen LogP contribution < -0.4 is 9.47 Å². The molecule has 7 nitrogen and oxygen atoms in total. The van der Waals surface area contributed by atoms with E-state index in [-0.39, 0.29) is 0 Å². The maximum absolute atomic E-state index is 4.36. The summed E-state index contributed by atoms with van der Waals surface area (Å²) in [7, 11) is 2.04. The van der Waals surface area contributed by atoms with Gasteiger partial charge >= 0.3 is 0 Å². The predicted octanol–water partition coefficient (Wildman–Crippen LogP) is 5.07. The normalized spacial score (nSPS) is 11.4. The number of hydrogen-bond acceptors (Lipinski definition) is 5. The van der Waals surface area contributed by atoms with E-state index < -0.39 is 0 Å². The van der Waals surface area contributed by atoms with Crippen molar-refractivity contribution in [1.82, 2.24) is 4.57 Å². The van der Waals surface area contributed by atoms with Crippen LogP contribution in [0.15, 0.2) is 87.7 Å². The highest BCUT2D eigenvalue weighted by Crippen LogP contribution is 2.22. The molecule has 0 aliphatic carbocycles. The fourth-order valence-electron chi connectivity index (χ4n) is 3.02. The van der Waals surface area contributed by atoms with Crippen LogP contribution in [0.5, 0.6) is 0 Å². The third-order valence-corrected chi connectivity index (χ3v) is 4.69. The first-order chi connectivity index (χ1) is 15.0. The highest BCUT2D eigenvalue weighted by atomic mass is 15.2. The Bertz CT molecular complexity index is 1040. The van der Waals surface area contributed by atoms with E-state index in [9.17, 15) is 0 Å². The predicted molar refractivity (Wildman–Crippen MR) is 127 cm³/mol. The number of rotatable bonds is 9. The van der Waals surface area contributed by atoms with E-state index in [2.05, 4.69) is 72.2 Å². The van der Waals surface area contributed by atoms with Gasteiger partial charge in [-0.2, -0.15) is 20.4 Å². The standard InChI is InChI=1S/C24H30N7/c1-5-31(17-16-30-15-14-29(4)19-30)24-12-10-23(11-13-24)28-27-22-8-6-21(7-9-22)18-25-26-20(2)3/h6-15,18-19H,5,16-17H2,1-4H3/q+1. The van der Waals surface area contributed by atoms with Crippen molar-refractivity contribution in [3.8, 4) is 0 Å². The van der Waals surface area contributed by atoms with E-state index in [4.69, 9.17) is 0 Å². The van der Waals surface area contributed by atoms with Crippen molar-refractivity contribution in [2.24, 2.45) is 27.5 Å². The van der Waals surface area contributed by atoms with Crippen LogP contribution in [0.1, 0.15) is 26.3 Å². The van der Waals surface area contributed by atoms with Crippen molar-refractivity contribution in [2.75, 3.05) is 18.0 Å². The number of azo groups is 1. The van der Waals surface area contributed by atoms with Gasteiger partial charge in [0.15, 0.2) is 0 Å². The minimum absolute atomic E-state index is 0.798. The van der Waals surface area contributed by atoms with Crippen LogP contribution in [0.2, 0.25) is 0 Å². The third kappa shape index (κ3) is 6.99. The van der Waals surface area contributed by atoms with E-state index in [0.29, 0.717) is 0 Å². The Morgan fingerprint density at radius 3 is 2.19 bits per heavy atom. The van der Waals surface area contributed by atoms with Gasteiger partial charge in [0.1, 0.15) is 18.9 Å². The molecule has 0 fully saturated rings. The molecule has 7 heteroatoms. The lowest BCUT2D eigenvalue weighted by Gasteiger charge is -2.22. The minimum atomic E-state index is 0.798. The van der Waals surface area contributed by atoms with Gasteiger partial charge < -0.3 is 4.90 Å². The molecule has 0 unspecified atom stereocenters. The molecule has 0 spiro atoms. The van der Waals surface area contributed by atoms with Crippen molar-refractivity contribution in [3.05, 3.63) is 72.8 Å². The van der Waals surface area contributed by atoms with Crippen LogP contribution in [-0.4, -0.2) is 29.6 Å². The molecule has 0 saturated heterocycles. The molecule has 0 radical (unpaired) electrons. The van der Waals surface area contributed by atoms with Crippen molar-refractivity contribution in [2.45, 2.75) is 27.3 Å². The quantitative estimate of drug-likeness (QED) is 0.208. The van der Waals surface area contributed by atoms with E-state index in [1.165, 1.54) is 5.69 Å². The molecule has 0 aliphatic rings. The van der Waals surface area contributed by atoms with E-state index in [1.807, 2.05) is 57.3 Å². The van der Waals surface area contributed by atoms with Gasteiger partial charge in [0.25, 0.3) is 0 Å². The number of imidazole rings is 1. The molecule has 1 heterocycles. The zero-order chi connectivity index (χ0) is 22.1. The number of hydrogen-bond donors (Lipinski definition) is 0. The second kappa shape index (κ2) is 11.0. The average molecular weight is 417 g/mol. The van der Waals surface area contributed by atoms with Gasteiger partial charge in [-0.25, -0.2) is 9.13 Å². The molecule has 0 atom stereocenters. The van der Waals surface area contributed by atoms with E-state index in [0.717, 1.165) is 42.3 Å². The number of anilines is 1. The van der Waals surface area contributed by atoms with Gasteiger partial charge in [-0.15, -0.1) is 0 Å². The van der Waals surface area contributed by atoms with Crippen molar-refractivity contribution in [1.29, 1.82) is 0 Å². The largest absolute Gasteiger partial charge is 0.368 e.